The molecular formula is C21H24N4O5S. The first-order valence-electron chi connectivity index (χ1n) is 9.59. The van der Waals surface area contributed by atoms with E-state index in [0.717, 1.165) is 14.4 Å². The quantitative estimate of drug-likeness (QED) is 0.524. The summed E-state index contributed by atoms with van der Waals surface area (Å²) in [5.41, 5.74) is 0.340. The average molecular weight is 445 g/mol. The maximum absolute atomic E-state index is 12.9. The fourth-order valence-corrected chi connectivity index (χ4v) is 4.38. The van der Waals surface area contributed by atoms with Crippen LogP contribution < -0.4 is 16.4 Å². The van der Waals surface area contributed by atoms with Crippen molar-refractivity contribution in [3.63, 3.8) is 0 Å². The number of benzene rings is 2. The number of nitrogens with zero attached hydrogens (tertiary/aromatic N) is 3. The first kappa shape index (κ1) is 22.4. The highest BCUT2D eigenvalue weighted by molar-refractivity contribution is 7.89. The van der Waals surface area contributed by atoms with Crippen molar-refractivity contribution in [1.29, 1.82) is 0 Å². The van der Waals surface area contributed by atoms with Gasteiger partial charge in [0, 0.05) is 27.7 Å². The zero-order valence-corrected chi connectivity index (χ0v) is 18.3. The van der Waals surface area contributed by atoms with Crippen molar-refractivity contribution in [2.45, 2.75) is 11.3 Å². The Morgan fingerprint density at radius 3 is 2.23 bits per heavy atom. The molecule has 0 aliphatic carbocycles. The molecule has 0 fully saturated rings. The molecule has 0 aliphatic heterocycles. The fourth-order valence-electron chi connectivity index (χ4n) is 3.24. The molecule has 0 aliphatic rings. The largest absolute Gasteiger partial charge is 0.355 e. The lowest BCUT2D eigenvalue weighted by molar-refractivity contribution is -0.121. The van der Waals surface area contributed by atoms with Crippen LogP contribution in [0.5, 0.6) is 0 Å². The van der Waals surface area contributed by atoms with Gasteiger partial charge in [0.1, 0.15) is 0 Å². The molecule has 9 nitrogen and oxygen atoms in total. The minimum absolute atomic E-state index is 0.0757. The van der Waals surface area contributed by atoms with Gasteiger partial charge >= 0.3 is 11.1 Å². The van der Waals surface area contributed by atoms with E-state index in [9.17, 15) is 22.8 Å². The zero-order valence-electron chi connectivity index (χ0n) is 17.5. The molecule has 2 aromatic carbocycles. The van der Waals surface area contributed by atoms with Crippen LogP contribution in [0.25, 0.3) is 11.0 Å². The van der Waals surface area contributed by atoms with Gasteiger partial charge in [0.25, 0.3) is 0 Å². The van der Waals surface area contributed by atoms with Crippen LogP contribution in [-0.2, 0) is 35.3 Å². The lowest BCUT2D eigenvalue weighted by Gasteiger charge is -2.18. The van der Waals surface area contributed by atoms with Crippen molar-refractivity contribution in [1.82, 2.24) is 18.8 Å². The van der Waals surface area contributed by atoms with Crippen LogP contribution in [0, 0.1) is 0 Å². The topological polar surface area (TPSA) is 110 Å². The average Bonchev–Trinajstić information content (AvgIpc) is 2.76. The van der Waals surface area contributed by atoms with Crippen molar-refractivity contribution in [3.05, 3.63) is 74.8 Å². The monoisotopic (exact) mass is 444 g/mol. The molecule has 10 heteroatoms. The number of hydrogen-bond donors (Lipinski definition) is 1. The molecule has 1 amide bonds. The molecule has 1 aromatic heterocycles. The summed E-state index contributed by atoms with van der Waals surface area (Å²) in [4.78, 5) is 36.2. The van der Waals surface area contributed by atoms with E-state index in [1.165, 1.54) is 43.9 Å². The summed E-state index contributed by atoms with van der Waals surface area (Å²) in [7, 11) is 0.190. The number of fused-ring (bicyclic) bond motifs is 1. The fraction of sp³-hybridized carbons (Fsp3) is 0.286. The summed E-state index contributed by atoms with van der Waals surface area (Å²) in [5.74, 6) is -0.419. The number of aryl methyl sites for hydroxylation is 2. The number of nitrogens with one attached hydrogen (secondary N) is 1. The first-order valence-corrected chi connectivity index (χ1v) is 11.0. The summed E-state index contributed by atoms with van der Waals surface area (Å²) in [5, 5.41) is 2.72. The van der Waals surface area contributed by atoms with Gasteiger partial charge in [0.2, 0.25) is 15.9 Å². The van der Waals surface area contributed by atoms with Crippen LogP contribution in [0.1, 0.15) is 5.56 Å². The van der Waals surface area contributed by atoms with Crippen molar-refractivity contribution in [2.24, 2.45) is 14.1 Å². The Labute approximate surface area is 179 Å². The van der Waals surface area contributed by atoms with Crippen LogP contribution in [0.4, 0.5) is 0 Å². The number of aromatic nitrogens is 2. The van der Waals surface area contributed by atoms with Gasteiger partial charge in [-0.15, -0.1) is 0 Å². The van der Waals surface area contributed by atoms with Crippen LogP contribution in [0.15, 0.2) is 63.0 Å². The van der Waals surface area contributed by atoms with E-state index in [-0.39, 0.29) is 11.4 Å². The summed E-state index contributed by atoms with van der Waals surface area (Å²) in [6, 6.07) is 13.8. The van der Waals surface area contributed by atoms with Gasteiger partial charge in [-0.1, -0.05) is 30.3 Å². The van der Waals surface area contributed by atoms with Crippen LogP contribution in [0.3, 0.4) is 0 Å². The third-order valence-electron chi connectivity index (χ3n) is 5.11. The number of sulfonamides is 1. The molecule has 0 unspecified atom stereocenters. The highest BCUT2D eigenvalue weighted by Crippen LogP contribution is 2.19. The Morgan fingerprint density at radius 1 is 0.968 bits per heavy atom. The summed E-state index contributed by atoms with van der Waals surface area (Å²) in [6.07, 6.45) is 0.639. The van der Waals surface area contributed by atoms with E-state index in [1.54, 1.807) is 0 Å². The molecule has 1 heterocycles. The van der Waals surface area contributed by atoms with Crippen molar-refractivity contribution in [2.75, 3.05) is 20.1 Å². The molecule has 1 N–H and O–H groups in total. The van der Waals surface area contributed by atoms with Gasteiger partial charge in [-0.05, 0) is 30.2 Å². The van der Waals surface area contributed by atoms with Gasteiger partial charge < -0.3 is 14.5 Å². The molecule has 31 heavy (non-hydrogen) atoms. The van der Waals surface area contributed by atoms with Gasteiger partial charge in [0.15, 0.2) is 0 Å². The molecule has 0 bridgehead atoms. The highest BCUT2D eigenvalue weighted by Gasteiger charge is 2.24. The summed E-state index contributed by atoms with van der Waals surface area (Å²) in [6.45, 7) is 0.0458. The molecule has 0 spiro atoms. The van der Waals surface area contributed by atoms with E-state index in [4.69, 9.17) is 0 Å². The van der Waals surface area contributed by atoms with E-state index in [1.807, 2.05) is 30.3 Å². The van der Waals surface area contributed by atoms with Crippen LogP contribution >= 0.6 is 0 Å². The molecule has 0 radical (unpaired) electrons. The summed E-state index contributed by atoms with van der Waals surface area (Å²) >= 11 is 0. The second kappa shape index (κ2) is 8.86. The maximum Gasteiger partial charge on any atom is 0.316 e. The second-order valence-corrected chi connectivity index (χ2v) is 9.27. The molecule has 0 saturated carbocycles. The third kappa shape index (κ3) is 4.59. The Morgan fingerprint density at radius 2 is 1.58 bits per heavy atom. The smallest absolute Gasteiger partial charge is 0.316 e. The van der Waals surface area contributed by atoms with Gasteiger partial charge in [-0.3, -0.25) is 14.4 Å². The molecule has 3 rings (SSSR count). The molecule has 0 atom stereocenters. The number of carbonyl (C=O) groups is 1. The Hall–Kier alpha value is -3.24. The predicted molar refractivity (Wildman–Crippen MR) is 117 cm³/mol. The van der Waals surface area contributed by atoms with Crippen molar-refractivity contribution in [3.8, 4) is 0 Å². The maximum atomic E-state index is 12.9. The second-order valence-electron chi connectivity index (χ2n) is 7.23. The highest BCUT2D eigenvalue weighted by atomic mass is 32.2. The summed E-state index contributed by atoms with van der Waals surface area (Å²) < 4.78 is 29.1. The third-order valence-corrected chi connectivity index (χ3v) is 6.91. The van der Waals surface area contributed by atoms with Gasteiger partial charge in [-0.2, -0.15) is 4.31 Å². The molecule has 3 aromatic rings. The predicted octanol–water partition coefficient (Wildman–Crippen LogP) is 0.217. The Bertz CT molecular complexity index is 1340. The Kier molecular flexibility index (Phi) is 6.42. The number of likely N-dealkylation sites (N-methyl/N-ethyl adjacent to an activating group) is 1. The first-order chi connectivity index (χ1) is 14.6. The van der Waals surface area contributed by atoms with Gasteiger partial charge in [-0.25, -0.2) is 8.42 Å². The van der Waals surface area contributed by atoms with Crippen LogP contribution in [-0.4, -0.2) is 47.9 Å². The van der Waals surface area contributed by atoms with E-state index >= 15 is 0 Å². The number of carbonyl (C=O) groups excluding carboxylic acids is 1. The molecular weight excluding hydrogens is 420 g/mol. The number of rotatable bonds is 7. The van der Waals surface area contributed by atoms with Gasteiger partial charge in [0.05, 0.1) is 22.5 Å². The normalized spacial score (nSPS) is 11.7. The van der Waals surface area contributed by atoms with Crippen LogP contribution in [0.2, 0.25) is 0 Å². The lowest BCUT2D eigenvalue weighted by atomic mass is 10.1. The lowest BCUT2D eigenvalue weighted by Crippen LogP contribution is -2.40. The molecule has 164 valence electrons. The van der Waals surface area contributed by atoms with Crippen molar-refractivity contribution < 1.29 is 13.2 Å². The minimum Gasteiger partial charge on any atom is -0.355 e. The number of amides is 1. The van der Waals surface area contributed by atoms with E-state index in [0.29, 0.717) is 24.0 Å². The number of hydrogen-bond acceptors (Lipinski definition) is 5. The van der Waals surface area contributed by atoms with Crippen molar-refractivity contribution >= 4 is 27.0 Å². The minimum atomic E-state index is -3.99. The SMILES string of the molecule is CN(CC(=O)NCCc1ccccc1)S(=O)(=O)c1ccc2c(c1)n(C)c(=O)c(=O)n2C. The molecule has 0 saturated heterocycles. The Balaban J connectivity index is 1.76. The standard InChI is InChI=1S/C21H24N4O5S/c1-23(14-19(26)22-12-11-15-7-5-4-6-8-15)31(29,30)16-9-10-17-18(13-16)25(3)21(28)20(27)24(17)2/h4-10,13H,11-12,14H2,1-3H3,(H,22,26). The van der Waals surface area contributed by atoms with E-state index < -0.39 is 27.0 Å². The zero-order chi connectivity index (χ0) is 22.8. The van der Waals surface area contributed by atoms with E-state index in [2.05, 4.69) is 5.32 Å².